The number of unbranched alkanes of at least 4 members (excludes halogenated alkanes) is 2. The molecule has 4 heteroatoms. The van der Waals surface area contributed by atoms with Gasteiger partial charge in [0.15, 0.2) is 11.6 Å². The Morgan fingerprint density at radius 3 is 2.00 bits per heavy atom. The minimum Gasteiger partial charge on any atom is -0.493 e. The molecule has 2 fully saturated rings. The number of hydrogen-bond donors (Lipinski definition) is 0. The first-order valence-electron chi connectivity index (χ1n) is 14.0. The first-order valence-corrected chi connectivity index (χ1v) is 14.0. The van der Waals surface area contributed by atoms with Gasteiger partial charge in [0, 0.05) is 11.6 Å². The maximum atomic E-state index is 15.1. The van der Waals surface area contributed by atoms with Crippen LogP contribution in [-0.2, 0) is 0 Å². The van der Waals surface area contributed by atoms with Crippen LogP contribution in [0.25, 0.3) is 6.08 Å². The van der Waals surface area contributed by atoms with Crippen molar-refractivity contribution >= 4 is 6.08 Å². The zero-order valence-electron chi connectivity index (χ0n) is 21.9. The van der Waals surface area contributed by atoms with E-state index >= 15 is 8.78 Å². The second kappa shape index (κ2) is 12.8. The second-order valence-electron chi connectivity index (χ2n) is 11.0. The van der Waals surface area contributed by atoms with Gasteiger partial charge in [-0.05, 0) is 91.9 Å². The number of halogens is 3. The van der Waals surface area contributed by atoms with E-state index in [4.69, 9.17) is 4.74 Å². The molecule has 0 saturated heterocycles. The molecule has 2 saturated carbocycles. The Balaban J connectivity index is 1.31. The molecule has 0 amide bonds. The lowest BCUT2D eigenvalue weighted by Gasteiger charge is -2.29. The zero-order valence-corrected chi connectivity index (χ0v) is 21.9. The number of ether oxygens (including phenoxy) is 1. The van der Waals surface area contributed by atoms with E-state index in [0.29, 0.717) is 40.9 Å². The Morgan fingerprint density at radius 1 is 0.806 bits per heavy atom. The molecule has 0 bridgehead atoms. The predicted octanol–water partition coefficient (Wildman–Crippen LogP) is 9.95. The number of hydrogen-bond acceptors (Lipinski definition) is 1. The summed E-state index contributed by atoms with van der Waals surface area (Å²) >= 11 is 0. The summed E-state index contributed by atoms with van der Waals surface area (Å²) in [6.07, 6.45) is 14.6. The molecule has 2 aromatic rings. The van der Waals surface area contributed by atoms with Crippen LogP contribution >= 0.6 is 0 Å². The monoisotopic (exact) mass is 498 g/mol. The standard InChI is InChI=1S/C32H41F3O/c1-3-4-5-20-36-27-17-16-26(30(33)21-27)15-10-23-8-13-25(14-9-23)29-19-18-28(31(34)32(29)35)24-11-6-22(2)7-12-24/h10,15-19,21-25H,3-9,11-14,20H2,1-2H3/b15-10+. The fourth-order valence-electron chi connectivity index (χ4n) is 5.92. The Bertz CT molecular complexity index is 1010. The molecule has 36 heavy (non-hydrogen) atoms. The summed E-state index contributed by atoms with van der Waals surface area (Å²) in [6, 6.07) is 8.73. The van der Waals surface area contributed by atoms with Gasteiger partial charge in [-0.15, -0.1) is 0 Å². The summed E-state index contributed by atoms with van der Waals surface area (Å²) in [5.74, 6) is 0.229. The molecule has 2 aromatic carbocycles. The molecule has 0 heterocycles. The van der Waals surface area contributed by atoms with Crippen LogP contribution in [0.4, 0.5) is 13.2 Å². The molecular weight excluding hydrogens is 457 g/mol. The van der Waals surface area contributed by atoms with Crippen molar-refractivity contribution in [2.45, 2.75) is 96.3 Å². The molecule has 0 radical (unpaired) electrons. The Morgan fingerprint density at radius 2 is 1.42 bits per heavy atom. The fraction of sp³-hybridized carbons (Fsp3) is 0.562. The van der Waals surface area contributed by atoms with E-state index in [1.807, 2.05) is 24.3 Å². The maximum Gasteiger partial charge on any atom is 0.162 e. The minimum absolute atomic E-state index is 0.0467. The van der Waals surface area contributed by atoms with Gasteiger partial charge in [-0.1, -0.05) is 63.8 Å². The molecule has 0 atom stereocenters. The average molecular weight is 499 g/mol. The molecule has 196 valence electrons. The average Bonchev–Trinajstić information content (AvgIpc) is 2.89. The van der Waals surface area contributed by atoms with Crippen LogP contribution in [0.3, 0.4) is 0 Å². The molecule has 0 spiro atoms. The van der Waals surface area contributed by atoms with Crippen LogP contribution in [0.15, 0.2) is 36.4 Å². The zero-order chi connectivity index (χ0) is 25.5. The van der Waals surface area contributed by atoms with Crippen molar-refractivity contribution in [2.24, 2.45) is 11.8 Å². The Labute approximate surface area is 215 Å². The van der Waals surface area contributed by atoms with Gasteiger partial charge in [-0.25, -0.2) is 13.2 Å². The Hall–Kier alpha value is -2.23. The van der Waals surface area contributed by atoms with E-state index in [9.17, 15) is 4.39 Å². The van der Waals surface area contributed by atoms with Crippen LogP contribution in [0, 0.1) is 29.3 Å². The molecule has 4 rings (SSSR count). The quantitative estimate of drug-likeness (QED) is 0.313. The van der Waals surface area contributed by atoms with Crippen molar-refractivity contribution in [3.63, 3.8) is 0 Å². The van der Waals surface area contributed by atoms with Crippen molar-refractivity contribution in [3.8, 4) is 5.75 Å². The highest BCUT2D eigenvalue weighted by atomic mass is 19.2. The van der Waals surface area contributed by atoms with E-state index in [-0.39, 0.29) is 17.7 Å². The van der Waals surface area contributed by atoms with Gasteiger partial charge in [-0.3, -0.25) is 0 Å². The van der Waals surface area contributed by atoms with Crippen molar-refractivity contribution in [2.75, 3.05) is 6.61 Å². The fourth-order valence-corrected chi connectivity index (χ4v) is 5.92. The summed E-state index contributed by atoms with van der Waals surface area (Å²) in [5, 5.41) is 0. The molecule has 2 aliphatic rings. The molecule has 0 N–H and O–H groups in total. The van der Waals surface area contributed by atoms with E-state index in [1.165, 1.54) is 6.07 Å². The van der Waals surface area contributed by atoms with Crippen LogP contribution in [0.2, 0.25) is 0 Å². The topological polar surface area (TPSA) is 9.23 Å². The lowest BCUT2D eigenvalue weighted by atomic mass is 9.76. The van der Waals surface area contributed by atoms with Crippen LogP contribution in [-0.4, -0.2) is 6.61 Å². The largest absolute Gasteiger partial charge is 0.493 e. The highest BCUT2D eigenvalue weighted by Crippen LogP contribution is 2.41. The van der Waals surface area contributed by atoms with Crippen LogP contribution < -0.4 is 4.74 Å². The summed E-state index contributed by atoms with van der Waals surface area (Å²) in [7, 11) is 0. The summed E-state index contributed by atoms with van der Waals surface area (Å²) in [5.41, 5.74) is 1.65. The summed E-state index contributed by atoms with van der Waals surface area (Å²) in [4.78, 5) is 0. The Kier molecular flexibility index (Phi) is 9.56. The van der Waals surface area contributed by atoms with E-state index < -0.39 is 11.6 Å². The number of rotatable bonds is 9. The molecule has 2 aliphatic carbocycles. The van der Waals surface area contributed by atoms with E-state index in [0.717, 1.165) is 70.6 Å². The number of allylic oxidation sites excluding steroid dienone is 1. The first-order chi connectivity index (χ1) is 17.5. The van der Waals surface area contributed by atoms with Gasteiger partial charge in [0.25, 0.3) is 0 Å². The second-order valence-corrected chi connectivity index (χ2v) is 11.0. The minimum atomic E-state index is -0.635. The lowest BCUT2D eigenvalue weighted by Crippen LogP contribution is -2.16. The van der Waals surface area contributed by atoms with Gasteiger partial charge in [0.2, 0.25) is 0 Å². The third kappa shape index (κ3) is 6.75. The smallest absolute Gasteiger partial charge is 0.162 e. The van der Waals surface area contributed by atoms with Crippen LogP contribution in [0.5, 0.6) is 5.75 Å². The maximum absolute atomic E-state index is 15.1. The highest BCUT2D eigenvalue weighted by Gasteiger charge is 2.28. The van der Waals surface area contributed by atoms with Crippen molar-refractivity contribution < 1.29 is 17.9 Å². The number of benzene rings is 2. The van der Waals surface area contributed by atoms with Crippen molar-refractivity contribution in [1.82, 2.24) is 0 Å². The van der Waals surface area contributed by atoms with E-state index in [2.05, 4.69) is 19.9 Å². The highest BCUT2D eigenvalue weighted by molar-refractivity contribution is 5.52. The molecule has 1 nitrogen and oxygen atoms in total. The predicted molar refractivity (Wildman–Crippen MR) is 142 cm³/mol. The van der Waals surface area contributed by atoms with Gasteiger partial charge in [0.05, 0.1) is 6.61 Å². The third-order valence-electron chi connectivity index (χ3n) is 8.35. The third-order valence-corrected chi connectivity index (χ3v) is 8.35. The summed E-state index contributed by atoms with van der Waals surface area (Å²) < 4.78 is 50.3. The van der Waals surface area contributed by atoms with Crippen molar-refractivity contribution in [1.29, 1.82) is 0 Å². The van der Waals surface area contributed by atoms with Crippen LogP contribution in [0.1, 0.15) is 113 Å². The molecule has 0 unspecified atom stereocenters. The first kappa shape index (κ1) is 26.8. The summed E-state index contributed by atoms with van der Waals surface area (Å²) in [6.45, 7) is 4.98. The molecule has 0 aromatic heterocycles. The van der Waals surface area contributed by atoms with Crippen molar-refractivity contribution in [3.05, 3.63) is 70.5 Å². The van der Waals surface area contributed by atoms with Gasteiger partial charge >= 0.3 is 0 Å². The van der Waals surface area contributed by atoms with E-state index in [1.54, 1.807) is 6.07 Å². The van der Waals surface area contributed by atoms with Gasteiger partial charge in [0.1, 0.15) is 11.6 Å². The SMILES string of the molecule is CCCCCOc1ccc(/C=C/C2CCC(c3ccc(C4CCC(C)CC4)c(F)c3F)CC2)c(F)c1. The van der Waals surface area contributed by atoms with Gasteiger partial charge in [-0.2, -0.15) is 0 Å². The molecular formula is C32H41F3O. The van der Waals surface area contributed by atoms with Gasteiger partial charge < -0.3 is 4.74 Å². The molecule has 0 aliphatic heterocycles. The normalized spacial score (nSPS) is 24.8. The lowest BCUT2D eigenvalue weighted by molar-refractivity contribution is 0.305.